The molecule has 1 N–H and O–H groups in total. The predicted octanol–water partition coefficient (Wildman–Crippen LogP) is 4.72. The van der Waals surface area contributed by atoms with E-state index < -0.39 is 17.7 Å². The topological polar surface area (TPSA) is 20.2 Å². The molecule has 1 aromatic rings. The van der Waals surface area contributed by atoms with Gasteiger partial charge in [0.2, 0.25) is 0 Å². The Kier molecular flexibility index (Phi) is 5.03. The van der Waals surface area contributed by atoms with Gasteiger partial charge in [0.05, 0.1) is 6.10 Å². The van der Waals surface area contributed by atoms with E-state index in [2.05, 4.69) is 20.8 Å². The van der Waals surface area contributed by atoms with Crippen LogP contribution >= 0.6 is 0 Å². The monoisotopic (exact) mass is 296 g/mol. The van der Waals surface area contributed by atoms with E-state index in [1.54, 1.807) is 0 Å². The molecule has 1 saturated carbocycles. The van der Waals surface area contributed by atoms with Crippen LogP contribution in [0.5, 0.6) is 0 Å². The summed E-state index contributed by atoms with van der Waals surface area (Å²) < 4.78 is 26.5. The molecule has 0 saturated heterocycles. The lowest BCUT2D eigenvalue weighted by molar-refractivity contribution is 0.0532. The second-order valence-electron chi connectivity index (χ2n) is 7.48. The number of aliphatic hydroxyl groups is 1. The van der Waals surface area contributed by atoms with Gasteiger partial charge in [-0.1, -0.05) is 26.8 Å². The Morgan fingerprint density at radius 3 is 2.29 bits per heavy atom. The van der Waals surface area contributed by atoms with Crippen LogP contribution in [0.1, 0.15) is 52.0 Å². The number of rotatable bonds is 3. The highest BCUT2D eigenvalue weighted by Gasteiger charge is 2.32. The summed E-state index contributed by atoms with van der Waals surface area (Å²) in [5, 5.41) is 10.3. The van der Waals surface area contributed by atoms with Crippen molar-refractivity contribution in [3.05, 3.63) is 35.4 Å². The molecule has 0 radical (unpaired) electrons. The molecule has 0 aromatic heterocycles. The first-order chi connectivity index (χ1) is 9.77. The third-order valence-corrected chi connectivity index (χ3v) is 4.98. The Labute approximate surface area is 126 Å². The molecule has 3 heteroatoms. The van der Waals surface area contributed by atoms with Crippen LogP contribution in [0, 0.1) is 28.9 Å². The van der Waals surface area contributed by atoms with E-state index in [1.807, 2.05) is 0 Å². The van der Waals surface area contributed by atoms with Crippen LogP contribution in [0.25, 0.3) is 0 Å². The molecule has 0 amide bonds. The summed E-state index contributed by atoms with van der Waals surface area (Å²) in [5.74, 6) is -0.203. The quantitative estimate of drug-likeness (QED) is 0.855. The van der Waals surface area contributed by atoms with Gasteiger partial charge in [-0.05, 0) is 54.6 Å². The van der Waals surface area contributed by atoms with Crippen molar-refractivity contribution in [3.8, 4) is 0 Å². The second-order valence-corrected chi connectivity index (χ2v) is 7.48. The van der Waals surface area contributed by atoms with Crippen molar-refractivity contribution in [1.29, 1.82) is 0 Å². The van der Waals surface area contributed by atoms with Crippen LogP contribution in [0.4, 0.5) is 8.78 Å². The van der Waals surface area contributed by atoms with Gasteiger partial charge in [0, 0.05) is 12.5 Å². The standard InChI is InChI=1S/C18H26F2O/c1-18(2,3)14-7-4-12(5-8-14)17(21)10-13-6-9-15(19)11-16(13)20/h6,9,11-12,14,17,21H,4-5,7-8,10H2,1-3H3. The molecule has 1 aliphatic carbocycles. The van der Waals surface area contributed by atoms with Crippen molar-refractivity contribution in [2.24, 2.45) is 17.3 Å². The maximum absolute atomic E-state index is 13.6. The molecular weight excluding hydrogens is 270 g/mol. The molecule has 2 rings (SSSR count). The van der Waals surface area contributed by atoms with Crippen molar-refractivity contribution in [3.63, 3.8) is 0 Å². The second kappa shape index (κ2) is 6.43. The Hall–Kier alpha value is -0.960. The number of benzene rings is 1. The maximum Gasteiger partial charge on any atom is 0.129 e. The maximum atomic E-state index is 13.6. The summed E-state index contributed by atoms with van der Waals surface area (Å²) in [5.41, 5.74) is 0.723. The van der Waals surface area contributed by atoms with Crippen molar-refractivity contribution < 1.29 is 13.9 Å². The zero-order valence-electron chi connectivity index (χ0n) is 13.2. The molecule has 0 bridgehead atoms. The number of hydrogen-bond donors (Lipinski definition) is 1. The van der Waals surface area contributed by atoms with Gasteiger partial charge >= 0.3 is 0 Å². The third kappa shape index (κ3) is 4.26. The summed E-state index contributed by atoms with van der Waals surface area (Å²) in [4.78, 5) is 0. The summed E-state index contributed by atoms with van der Waals surface area (Å²) in [7, 11) is 0. The Bertz CT molecular complexity index is 471. The summed E-state index contributed by atoms with van der Waals surface area (Å²) in [6.45, 7) is 6.80. The minimum Gasteiger partial charge on any atom is -0.392 e. The minimum absolute atomic E-state index is 0.230. The van der Waals surface area contributed by atoms with Gasteiger partial charge in [-0.3, -0.25) is 0 Å². The minimum atomic E-state index is -0.573. The van der Waals surface area contributed by atoms with E-state index in [0.29, 0.717) is 16.9 Å². The third-order valence-electron chi connectivity index (χ3n) is 4.98. The molecule has 118 valence electrons. The van der Waals surface area contributed by atoms with Crippen LogP contribution in [0.2, 0.25) is 0 Å². The van der Waals surface area contributed by atoms with E-state index in [1.165, 1.54) is 12.1 Å². The van der Waals surface area contributed by atoms with Crippen LogP contribution in [0.3, 0.4) is 0 Å². The van der Waals surface area contributed by atoms with Gasteiger partial charge in [0.15, 0.2) is 0 Å². The van der Waals surface area contributed by atoms with Gasteiger partial charge in [-0.15, -0.1) is 0 Å². The van der Waals surface area contributed by atoms with Gasteiger partial charge in [0.25, 0.3) is 0 Å². The molecule has 1 aromatic carbocycles. The van der Waals surface area contributed by atoms with E-state index in [0.717, 1.165) is 31.7 Å². The molecule has 1 unspecified atom stereocenters. The van der Waals surface area contributed by atoms with E-state index >= 15 is 0 Å². The normalized spacial score (nSPS) is 24.9. The fraction of sp³-hybridized carbons (Fsp3) is 0.667. The highest BCUT2D eigenvalue weighted by molar-refractivity contribution is 5.19. The Morgan fingerprint density at radius 2 is 1.76 bits per heavy atom. The highest BCUT2D eigenvalue weighted by atomic mass is 19.1. The number of hydrogen-bond acceptors (Lipinski definition) is 1. The SMILES string of the molecule is CC(C)(C)C1CCC(C(O)Cc2ccc(F)cc2F)CC1. The first-order valence-electron chi connectivity index (χ1n) is 7.89. The van der Waals surface area contributed by atoms with E-state index in [9.17, 15) is 13.9 Å². The van der Waals surface area contributed by atoms with E-state index in [-0.39, 0.29) is 12.3 Å². The molecule has 1 aliphatic rings. The van der Waals surface area contributed by atoms with Crippen molar-refractivity contribution in [1.82, 2.24) is 0 Å². The average Bonchev–Trinajstić information content (AvgIpc) is 2.41. The predicted molar refractivity (Wildman–Crippen MR) is 81.0 cm³/mol. The first kappa shape index (κ1) is 16.4. The van der Waals surface area contributed by atoms with Crippen LogP contribution in [-0.2, 0) is 6.42 Å². The van der Waals surface area contributed by atoms with Gasteiger partial charge in [0.1, 0.15) is 11.6 Å². The van der Waals surface area contributed by atoms with Crippen molar-refractivity contribution in [2.45, 2.75) is 59.0 Å². The van der Waals surface area contributed by atoms with Gasteiger partial charge in [-0.25, -0.2) is 8.78 Å². The smallest absolute Gasteiger partial charge is 0.129 e. The zero-order valence-corrected chi connectivity index (χ0v) is 13.2. The zero-order chi connectivity index (χ0) is 15.6. The lowest BCUT2D eigenvalue weighted by Crippen LogP contribution is -2.31. The fourth-order valence-corrected chi connectivity index (χ4v) is 3.45. The van der Waals surface area contributed by atoms with Crippen LogP contribution < -0.4 is 0 Å². The lowest BCUT2D eigenvalue weighted by Gasteiger charge is -2.38. The molecule has 1 fully saturated rings. The molecule has 1 atom stereocenters. The Morgan fingerprint density at radius 1 is 1.14 bits per heavy atom. The molecule has 0 spiro atoms. The largest absolute Gasteiger partial charge is 0.392 e. The summed E-state index contributed by atoms with van der Waals surface area (Å²) >= 11 is 0. The van der Waals surface area contributed by atoms with Crippen LogP contribution in [-0.4, -0.2) is 11.2 Å². The molecule has 0 aliphatic heterocycles. The summed E-state index contributed by atoms with van der Waals surface area (Å²) in [6, 6.07) is 3.58. The average molecular weight is 296 g/mol. The lowest BCUT2D eigenvalue weighted by atomic mass is 9.68. The van der Waals surface area contributed by atoms with Crippen LogP contribution in [0.15, 0.2) is 18.2 Å². The molecule has 0 heterocycles. The van der Waals surface area contributed by atoms with Gasteiger partial charge in [-0.2, -0.15) is 0 Å². The molecule has 21 heavy (non-hydrogen) atoms. The Balaban J connectivity index is 1.92. The number of halogens is 2. The number of aliphatic hydroxyl groups excluding tert-OH is 1. The molecule has 1 nitrogen and oxygen atoms in total. The first-order valence-corrected chi connectivity index (χ1v) is 7.89. The van der Waals surface area contributed by atoms with E-state index in [4.69, 9.17) is 0 Å². The van der Waals surface area contributed by atoms with Crippen molar-refractivity contribution in [2.75, 3.05) is 0 Å². The molecular formula is C18H26F2O. The highest BCUT2D eigenvalue weighted by Crippen LogP contribution is 2.41. The fourth-order valence-electron chi connectivity index (χ4n) is 3.45. The van der Waals surface area contributed by atoms with Crippen molar-refractivity contribution >= 4 is 0 Å². The van der Waals surface area contributed by atoms with Gasteiger partial charge < -0.3 is 5.11 Å². The summed E-state index contributed by atoms with van der Waals surface area (Å²) in [6.07, 6.45) is 3.97.